The van der Waals surface area contributed by atoms with E-state index in [1.807, 2.05) is 6.92 Å². The van der Waals surface area contributed by atoms with Crippen LogP contribution in [-0.2, 0) is 11.3 Å². The molecule has 128 valence electrons. The summed E-state index contributed by atoms with van der Waals surface area (Å²) < 4.78 is 1.11. The summed E-state index contributed by atoms with van der Waals surface area (Å²) in [4.78, 5) is 14.6. The van der Waals surface area contributed by atoms with Crippen LogP contribution in [-0.4, -0.2) is 36.0 Å². The van der Waals surface area contributed by atoms with Crippen LogP contribution < -0.4 is 11.1 Å². The maximum atomic E-state index is 12.2. The van der Waals surface area contributed by atoms with E-state index in [9.17, 15) is 4.79 Å². The standard InChI is InChI=1S/C18H28BrN3O/c1-3-13(2)17(20)18(23)21-16-8-10-22(11-9-16)12-14-4-6-15(19)7-5-14/h4-7,13,16-17H,3,8-12,20H2,1-2H3,(H,21,23). The van der Waals surface area contributed by atoms with Crippen LogP contribution >= 0.6 is 15.9 Å². The Hall–Kier alpha value is -0.910. The number of nitrogens with zero attached hydrogens (tertiary/aromatic N) is 1. The fourth-order valence-corrected chi connectivity index (χ4v) is 3.16. The number of carbonyl (C=O) groups is 1. The number of carbonyl (C=O) groups excluding carboxylic acids is 1. The summed E-state index contributed by atoms with van der Waals surface area (Å²) in [5.41, 5.74) is 7.33. The third-order valence-corrected chi connectivity index (χ3v) is 5.34. The molecular weight excluding hydrogens is 354 g/mol. The number of hydrogen-bond acceptors (Lipinski definition) is 3. The molecule has 0 aromatic heterocycles. The summed E-state index contributed by atoms with van der Waals surface area (Å²) in [5, 5.41) is 3.13. The van der Waals surface area contributed by atoms with Crippen LogP contribution in [0.25, 0.3) is 0 Å². The van der Waals surface area contributed by atoms with Crippen LogP contribution in [0.3, 0.4) is 0 Å². The van der Waals surface area contributed by atoms with Crippen LogP contribution in [0.15, 0.2) is 28.7 Å². The molecule has 1 fully saturated rings. The van der Waals surface area contributed by atoms with Crippen LogP contribution in [0.4, 0.5) is 0 Å². The lowest BCUT2D eigenvalue weighted by Crippen LogP contribution is -2.51. The van der Waals surface area contributed by atoms with Gasteiger partial charge in [-0.1, -0.05) is 48.3 Å². The quantitative estimate of drug-likeness (QED) is 0.796. The van der Waals surface area contributed by atoms with E-state index in [0.29, 0.717) is 0 Å². The van der Waals surface area contributed by atoms with Crippen molar-refractivity contribution >= 4 is 21.8 Å². The predicted octanol–water partition coefficient (Wildman–Crippen LogP) is 2.90. The molecule has 1 amide bonds. The van der Waals surface area contributed by atoms with E-state index in [-0.39, 0.29) is 23.9 Å². The highest BCUT2D eigenvalue weighted by atomic mass is 79.9. The summed E-state index contributed by atoms with van der Waals surface area (Å²) in [7, 11) is 0. The smallest absolute Gasteiger partial charge is 0.237 e. The van der Waals surface area contributed by atoms with Gasteiger partial charge >= 0.3 is 0 Å². The molecule has 1 aliphatic rings. The van der Waals surface area contributed by atoms with Gasteiger partial charge in [0.2, 0.25) is 5.91 Å². The fourth-order valence-electron chi connectivity index (χ4n) is 2.89. The summed E-state index contributed by atoms with van der Waals surface area (Å²) in [6.45, 7) is 7.10. The maximum absolute atomic E-state index is 12.2. The van der Waals surface area contributed by atoms with Gasteiger partial charge in [-0.2, -0.15) is 0 Å². The Balaban J connectivity index is 1.75. The second-order valence-corrected chi connectivity index (χ2v) is 7.51. The topological polar surface area (TPSA) is 58.4 Å². The first-order valence-corrected chi connectivity index (χ1v) is 9.31. The second kappa shape index (κ2) is 8.81. The highest BCUT2D eigenvalue weighted by molar-refractivity contribution is 9.10. The van der Waals surface area contributed by atoms with Crippen molar-refractivity contribution in [2.24, 2.45) is 11.7 Å². The molecule has 2 unspecified atom stereocenters. The number of nitrogens with one attached hydrogen (secondary N) is 1. The molecule has 23 heavy (non-hydrogen) atoms. The summed E-state index contributed by atoms with van der Waals surface area (Å²) in [6.07, 6.45) is 2.92. The number of benzene rings is 1. The van der Waals surface area contributed by atoms with Crippen LogP contribution in [0.2, 0.25) is 0 Å². The number of halogens is 1. The second-order valence-electron chi connectivity index (χ2n) is 6.60. The van der Waals surface area contributed by atoms with Crippen molar-refractivity contribution in [3.05, 3.63) is 34.3 Å². The Morgan fingerprint density at radius 3 is 2.52 bits per heavy atom. The summed E-state index contributed by atoms with van der Waals surface area (Å²) in [5.74, 6) is 0.234. The summed E-state index contributed by atoms with van der Waals surface area (Å²) in [6, 6.07) is 8.35. The average molecular weight is 382 g/mol. The zero-order valence-corrected chi connectivity index (χ0v) is 15.7. The molecule has 0 spiro atoms. The Bertz CT molecular complexity index is 497. The van der Waals surface area contributed by atoms with Crippen molar-refractivity contribution in [1.82, 2.24) is 10.2 Å². The van der Waals surface area contributed by atoms with Crippen molar-refractivity contribution < 1.29 is 4.79 Å². The number of nitrogens with two attached hydrogens (primary N) is 1. The average Bonchev–Trinajstić information content (AvgIpc) is 2.57. The number of likely N-dealkylation sites (tertiary alicyclic amines) is 1. The lowest BCUT2D eigenvalue weighted by atomic mass is 9.98. The van der Waals surface area contributed by atoms with Gasteiger partial charge in [-0.05, 0) is 36.5 Å². The van der Waals surface area contributed by atoms with Crippen molar-refractivity contribution in [3.63, 3.8) is 0 Å². The van der Waals surface area contributed by atoms with Gasteiger partial charge in [-0.25, -0.2) is 0 Å². The van der Waals surface area contributed by atoms with Crippen LogP contribution in [0.1, 0.15) is 38.7 Å². The Kier molecular flexibility index (Phi) is 7.06. The van der Waals surface area contributed by atoms with Gasteiger partial charge in [-0.15, -0.1) is 0 Å². The van der Waals surface area contributed by atoms with E-state index >= 15 is 0 Å². The van der Waals surface area contributed by atoms with E-state index in [1.165, 1.54) is 5.56 Å². The highest BCUT2D eigenvalue weighted by Crippen LogP contribution is 2.16. The SMILES string of the molecule is CCC(C)C(N)C(=O)NC1CCN(Cc2ccc(Br)cc2)CC1. The molecule has 1 aromatic rings. The van der Waals surface area contributed by atoms with E-state index in [1.54, 1.807) is 0 Å². The zero-order valence-electron chi connectivity index (χ0n) is 14.1. The molecule has 2 atom stereocenters. The van der Waals surface area contributed by atoms with Gasteiger partial charge in [0.25, 0.3) is 0 Å². The molecule has 1 aromatic carbocycles. The van der Waals surface area contributed by atoms with Gasteiger partial charge in [0.1, 0.15) is 0 Å². The first kappa shape index (κ1) is 18.4. The van der Waals surface area contributed by atoms with Gasteiger partial charge < -0.3 is 11.1 Å². The first-order valence-electron chi connectivity index (χ1n) is 8.52. The van der Waals surface area contributed by atoms with E-state index < -0.39 is 0 Å². The van der Waals surface area contributed by atoms with Gasteiger partial charge in [0.05, 0.1) is 6.04 Å². The van der Waals surface area contributed by atoms with Crippen LogP contribution in [0.5, 0.6) is 0 Å². The molecule has 2 rings (SSSR count). The van der Waals surface area contributed by atoms with Crippen molar-refractivity contribution in [2.75, 3.05) is 13.1 Å². The molecule has 0 aliphatic carbocycles. The van der Waals surface area contributed by atoms with Crippen molar-refractivity contribution in [1.29, 1.82) is 0 Å². The van der Waals surface area contributed by atoms with Gasteiger partial charge in [-0.3, -0.25) is 9.69 Å². The lowest BCUT2D eigenvalue weighted by Gasteiger charge is -2.33. The minimum atomic E-state index is -0.388. The molecule has 5 heteroatoms. The molecule has 0 radical (unpaired) electrons. The van der Waals surface area contributed by atoms with Gasteiger partial charge in [0.15, 0.2) is 0 Å². The first-order chi connectivity index (χ1) is 11.0. The molecule has 1 heterocycles. The molecule has 0 bridgehead atoms. The molecule has 3 N–H and O–H groups in total. The summed E-state index contributed by atoms with van der Waals surface area (Å²) >= 11 is 3.46. The van der Waals surface area contributed by atoms with Crippen molar-refractivity contribution in [3.8, 4) is 0 Å². The molecule has 4 nitrogen and oxygen atoms in total. The maximum Gasteiger partial charge on any atom is 0.237 e. The minimum Gasteiger partial charge on any atom is -0.352 e. The fraction of sp³-hybridized carbons (Fsp3) is 0.611. The number of rotatable bonds is 6. The number of piperidine rings is 1. The molecule has 1 aliphatic heterocycles. The normalized spacial score (nSPS) is 19.3. The molecular formula is C18H28BrN3O. The monoisotopic (exact) mass is 381 g/mol. The Labute approximate surface area is 147 Å². The third kappa shape index (κ3) is 5.59. The van der Waals surface area contributed by atoms with E-state index in [2.05, 4.69) is 57.3 Å². The third-order valence-electron chi connectivity index (χ3n) is 4.81. The van der Waals surface area contributed by atoms with Crippen LogP contribution in [0, 0.1) is 5.92 Å². The molecule has 1 saturated heterocycles. The zero-order chi connectivity index (χ0) is 16.8. The Morgan fingerprint density at radius 1 is 1.35 bits per heavy atom. The molecule has 0 saturated carbocycles. The number of hydrogen-bond donors (Lipinski definition) is 2. The number of amides is 1. The van der Waals surface area contributed by atoms with Gasteiger partial charge in [0, 0.05) is 30.1 Å². The lowest BCUT2D eigenvalue weighted by molar-refractivity contribution is -0.124. The predicted molar refractivity (Wildman–Crippen MR) is 98.0 cm³/mol. The highest BCUT2D eigenvalue weighted by Gasteiger charge is 2.25. The van der Waals surface area contributed by atoms with Crippen molar-refractivity contribution in [2.45, 2.75) is 51.7 Å². The minimum absolute atomic E-state index is 0.00529. The largest absolute Gasteiger partial charge is 0.352 e. The van der Waals surface area contributed by atoms with E-state index in [0.717, 1.165) is 43.4 Å². The Morgan fingerprint density at radius 2 is 1.96 bits per heavy atom. The van der Waals surface area contributed by atoms with E-state index in [4.69, 9.17) is 5.73 Å².